The van der Waals surface area contributed by atoms with Gasteiger partial charge in [-0.2, -0.15) is 4.39 Å². The minimum absolute atomic E-state index is 0.0494. The van der Waals surface area contributed by atoms with Crippen LogP contribution in [0.25, 0.3) is 0 Å². The number of amides is 1. The summed E-state index contributed by atoms with van der Waals surface area (Å²) >= 11 is 3.09. The fourth-order valence-corrected chi connectivity index (χ4v) is 2.07. The smallest absolute Gasteiger partial charge is 0.337 e. The monoisotopic (exact) mass is 356 g/mol. The average molecular weight is 357 g/mol. The maximum Gasteiger partial charge on any atom is 0.337 e. The zero-order valence-corrected chi connectivity index (χ0v) is 11.8. The molecule has 0 aliphatic carbocycles. The van der Waals surface area contributed by atoms with E-state index in [0.717, 1.165) is 12.3 Å². The van der Waals surface area contributed by atoms with Gasteiger partial charge < -0.3 is 10.4 Å². The number of aromatic carboxylic acids is 1. The lowest BCUT2D eigenvalue weighted by atomic mass is 10.1. The first-order valence-corrected chi connectivity index (χ1v) is 6.34. The molecule has 1 aromatic carbocycles. The van der Waals surface area contributed by atoms with Crippen LogP contribution in [0.5, 0.6) is 0 Å². The fraction of sp³-hybridized carbons (Fsp3) is 0. The summed E-state index contributed by atoms with van der Waals surface area (Å²) in [5.41, 5.74) is -0.811. The summed E-state index contributed by atoms with van der Waals surface area (Å²) in [4.78, 5) is 26.1. The average Bonchev–Trinajstić information content (AvgIpc) is 2.43. The van der Waals surface area contributed by atoms with Crippen LogP contribution in [0.15, 0.2) is 34.9 Å². The molecule has 0 saturated carbocycles. The third-order valence-corrected chi connectivity index (χ3v) is 3.23. The minimum Gasteiger partial charge on any atom is -0.478 e. The van der Waals surface area contributed by atoms with E-state index >= 15 is 0 Å². The Kier molecular flexibility index (Phi) is 4.27. The van der Waals surface area contributed by atoms with E-state index in [0.29, 0.717) is 4.47 Å². The van der Waals surface area contributed by atoms with E-state index in [4.69, 9.17) is 5.11 Å². The number of aromatic nitrogens is 1. The number of carboxylic acids is 1. The third kappa shape index (κ3) is 3.05. The molecule has 2 aromatic rings. The van der Waals surface area contributed by atoms with Crippen LogP contribution in [-0.4, -0.2) is 22.0 Å². The molecule has 1 aromatic heterocycles. The Hall–Kier alpha value is -2.35. The van der Waals surface area contributed by atoms with Crippen LogP contribution in [0.4, 0.5) is 14.5 Å². The molecule has 8 heteroatoms. The number of halogens is 3. The van der Waals surface area contributed by atoms with Crippen molar-refractivity contribution in [3.8, 4) is 0 Å². The van der Waals surface area contributed by atoms with Crippen LogP contribution in [0.1, 0.15) is 20.7 Å². The molecule has 0 radical (unpaired) electrons. The van der Waals surface area contributed by atoms with Crippen molar-refractivity contribution in [1.82, 2.24) is 4.98 Å². The van der Waals surface area contributed by atoms with E-state index in [-0.39, 0.29) is 11.3 Å². The summed E-state index contributed by atoms with van der Waals surface area (Å²) in [5.74, 6) is -5.07. The molecule has 0 saturated heterocycles. The third-order valence-electron chi connectivity index (χ3n) is 2.57. The molecule has 0 atom stereocenters. The zero-order chi connectivity index (χ0) is 15.6. The van der Waals surface area contributed by atoms with E-state index in [2.05, 4.69) is 26.2 Å². The molecule has 0 bridgehead atoms. The number of para-hydroxylation sites is 1. The highest BCUT2D eigenvalue weighted by Gasteiger charge is 2.20. The Balaban J connectivity index is 2.41. The van der Waals surface area contributed by atoms with Crippen molar-refractivity contribution in [2.24, 2.45) is 0 Å². The number of carbonyl (C=O) groups is 2. The van der Waals surface area contributed by atoms with E-state index in [1.807, 2.05) is 0 Å². The van der Waals surface area contributed by atoms with Gasteiger partial charge >= 0.3 is 5.97 Å². The number of carboxylic acid groups (broad SMARTS) is 1. The molecule has 0 fully saturated rings. The molecular weight excluding hydrogens is 350 g/mol. The number of carbonyl (C=O) groups excluding carboxylic acids is 1. The molecule has 108 valence electrons. The van der Waals surface area contributed by atoms with Gasteiger partial charge in [-0.25, -0.2) is 14.2 Å². The summed E-state index contributed by atoms with van der Waals surface area (Å²) in [6.07, 6.45) is 0.936. The molecule has 0 aliphatic rings. The van der Waals surface area contributed by atoms with Crippen molar-refractivity contribution in [3.63, 3.8) is 0 Å². The standard InChI is InChI=1S/C13H7BrF2N2O3/c14-8-3-1-2-7(13(20)21)10(8)18-12(19)6-4-5-17-11(16)9(6)15/h1-5H,(H,18,19)(H,20,21). The van der Waals surface area contributed by atoms with Crippen molar-refractivity contribution in [2.45, 2.75) is 0 Å². The number of nitrogens with zero attached hydrogens (tertiary/aromatic N) is 1. The number of benzene rings is 1. The second kappa shape index (κ2) is 5.96. The van der Waals surface area contributed by atoms with Gasteiger partial charge in [-0.1, -0.05) is 6.07 Å². The lowest BCUT2D eigenvalue weighted by Gasteiger charge is -2.11. The second-order valence-electron chi connectivity index (χ2n) is 3.88. The minimum atomic E-state index is -1.41. The largest absolute Gasteiger partial charge is 0.478 e. The Bertz CT molecular complexity index is 737. The van der Waals surface area contributed by atoms with E-state index in [9.17, 15) is 18.4 Å². The SMILES string of the molecule is O=C(Nc1c(Br)cccc1C(=O)O)c1ccnc(F)c1F. The molecule has 5 nitrogen and oxygen atoms in total. The van der Waals surface area contributed by atoms with Crippen LogP contribution >= 0.6 is 15.9 Å². The van der Waals surface area contributed by atoms with Crippen molar-refractivity contribution >= 4 is 33.5 Å². The van der Waals surface area contributed by atoms with E-state index in [1.54, 1.807) is 0 Å². The number of pyridine rings is 1. The Morgan fingerprint density at radius 2 is 1.90 bits per heavy atom. The summed E-state index contributed by atoms with van der Waals surface area (Å²) in [7, 11) is 0. The van der Waals surface area contributed by atoms with Crippen molar-refractivity contribution in [2.75, 3.05) is 5.32 Å². The maximum atomic E-state index is 13.5. The predicted molar refractivity (Wildman–Crippen MR) is 73.2 cm³/mol. The number of hydrogen-bond acceptors (Lipinski definition) is 3. The van der Waals surface area contributed by atoms with Crippen LogP contribution in [0.3, 0.4) is 0 Å². The van der Waals surface area contributed by atoms with Crippen molar-refractivity contribution in [1.29, 1.82) is 0 Å². The maximum absolute atomic E-state index is 13.5. The normalized spacial score (nSPS) is 10.2. The van der Waals surface area contributed by atoms with Gasteiger partial charge in [-0.3, -0.25) is 4.79 Å². The highest BCUT2D eigenvalue weighted by atomic mass is 79.9. The van der Waals surface area contributed by atoms with Crippen LogP contribution in [0.2, 0.25) is 0 Å². The molecule has 2 rings (SSSR count). The first-order valence-electron chi connectivity index (χ1n) is 5.55. The summed E-state index contributed by atoms with van der Waals surface area (Å²) in [6, 6.07) is 5.23. The van der Waals surface area contributed by atoms with E-state index < -0.39 is 29.2 Å². The lowest BCUT2D eigenvalue weighted by Crippen LogP contribution is -2.17. The van der Waals surface area contributed by atoms with Crippen molar-refractivity contribution < 1.29 is 23.5 Å². The van der Waals surface area contributed by atoms with Gasteiger partial charge in [-0.05, 0) is 34.1 Å². The zero-order valence-electron chi connectivity index (χ0n) is 10.2. The highest BCUT2D eigenvalue weighted by Crippen LogP contribution is 2.27. The molecule has 1 amide bonds. The van der Waals surface area contributed by atoms with Crippen molar-refractivity contribution in [3.05, 3.63) is 57.8 Å². The van der Waals surface area contributed by atoms with Gasteiger partial charge in [0.25, 0.3) is 5.91 Å². The highest BCUT2D eigenvalue weighted by molar-refractivity contribution is 9.10. The molecule has 1 heterocycles. The molecular formula is C13H7BrF2N2O3. The van der Waals surface area contributed by atoms with Crippen LogP contribution in [-0.2, 0) is 0 Å². The number of anilines is 1. The van der Waals surface area contributed by atoms with Gasteiger partial charge in [0.05, 0.1) is 16.8 Å². The van der Waals surface area contributed by atoms with Crippen LogP contribution in [0, 0.1) is 11.8 Å². The second-order valence-corrected chi connectivity index (χ2v) is 4.74. The number of nitrogens with one attached hydrogen (secondary N) is 1. The van der Waals surface area contributed by atoms with Gasteiger partial charge in [0.1, 0.15) is 0 Å². The number of rotatable bonds is 3. The summed E-state index contributed by atoms with van der Waals surface area (Å²) in [6.45, 7) is 0. The van der Waals surface area contributed by atoms with Gasteiger partial charge in [-0.15, -0.1) is 0 Å². The van der Waals surface area contributed by atoms with Gasteiger partial charge in [0, 0.05) is 10.7 Å². The Labute approximate surface area is 125 Å². The molecule has 0 spiro atoms. The predicted octanol–water partition coefficient (Wildman–Crippen LogP) is 3.07. The molecule has 0 aliphatic heterocycles. The van der Waals surface area contributed by atoms with Gasteiger partial charge in [0.15, 0.2) is 5.82 Å². The molecule has 0 unspecified atom stereocenters. The molecule has 21 heavy (non-hydrogen) atoms. The summed E-state index contributed by atoms with van der Waals surface area (Å²) < 4.78 is 26.8. The Morgan fingerprint density at radius 1 is 1.19 bits per heavy atom. The topological polar surface area (TPSA) is 79.3 Å². The van der Waals surface area contributed by atoms with Gasteiger partial charge in [0.2, 0.25) is 5.95 Å². The fourth-order valence-electron chi connectivity index (χ4n) is 1.60. The van der Waals surface area contributed by atoms with Crippen LogP contribution < -0.4 is 5.32 Å². The molecule has 2 N–H and O–H groups in total. The van der Waals surface area contributed by atoms with E-state index in [1.165, 1.54) is 18.2 Å². The summed E-state index contributed by atoms with van der Waals surface area (Å²) in [5, 5.41) is 11.3. The Morgan fingerprint density at radius 3 is 2.57 bits per heavy atom. The quantitative estimate of drug-likeness (QED) is 0.828. The first-order chi connectivity index (χ1) is 9.91. The first kappa shape index (κ1) is 15.0. The lowest BCUT2D eigenvalue weighted by molar-refractivity contribution is 0.0698. The number of hydrogen-bond donors (Lipinski definition) is 2.